The zero-order valence-corrected chi connectivity index (χ0v) is 22.6. The second-order valence-electron chi connectivity index (χ2n) is 11.6. The molecule has 7 nitrogen and oxygen atoms in total. The van der Waals surface area contributed by atoms with Gasteiger partial charge in [0.05, 0.1) is 30.1 Å². The first-order valence-corrected chi connectivity index (χ1v) is 14.3. The number of para-hydroxylation sites is 1. The molecule has 3 aromatic rings. The Morgan fingerprint density at radius 3 is 2.07 bits per heavy atom. The second-order valence-corrected chi connectivity index (χ2v) is 11.6. The third kappa shape index (κ3) is 4.10. The minimum absolute atomic E-state index is 0.0359. The predicted molar refractivity (Wildman–Crippen MR) is 154 cm³/mol. The Bertz CT molecular complexity index is 1540. The number of carbonyl (C=O) groups is 4. The standard InChI is InChI=1S/C34H31N3O4/c38-28-22-35(21-25-16-17-25)33(41)34(20-24-12-6-2-7-13-24)30-29(27(37(28)34)19-18-23-10-4-1-5-11-23)31(39)36(32(30)40)26-14-8-3-9-15-26/h1-15,18-19,25,27,29-30H,16-17,20-22H2/b19-18+/t27-,29+,30-,34-/m1/s1. The number of piperazine rings is 1. The SMILES string of the molecule is O=C1[C@H]2[C@@H](/C=C/c3ccccc3)N3C(=O)CN(CC4CC4)C(=O)[C@@]3(Cc3ccccc3)[C@H]2C(=O)N1c1ccccc1. The highest BCUT2D eigenvalue weighted by molar-refractivity contribution is 6.25. The van der Waals surface area contributed by atoms with Gasteiger partial charge in [-0.1, -0.05) is 91.0 Å². The lowest BCUT2D eigenvalue weighted by atomic mass is 9.74. The van der Waals surface area contributed by atoms with Crippen LogP contribution < -0.4 is 4.90 Å². The Balaban J connectivity index is 1.41. The average Bonchev–Trinajstić information content (AvgIpc) is 3.70. The third-order valence-corrected chi connectivity index (χ3v) is 9.01. The van der Waals surface area contributed by atoms with Crippen molar-refractivity contribution in [3.05, 3.63) is 108 Å². The molecule has 3 aromatic carbocycles. The van der Waals surface area contributed by atoms with E-state index in [0.29, 0.717) is 18.2 Å². The first-order valence-electron chi connectivity index (χ1n) is 14.3. The van der Waals surface area contributed by atoms with Crippen molar-refractivity contribution < 1.29 is 19.2 Å². The third-order valence-electron chi connectivity index (χ3n) is 9.01. The monoisotopic (exact) mass is 545 g/mol. The lowest BCUT2D eigenvalue weighted by Gasteiger charge is -2.49. The number of rotatable bonds is 7. The van der Waals surface area contributed by atoms with Gasteiger partial charge in [0.25, 0.3) is 0 Å². The summed E-state index contributed by atoms with van der Waals surface area (Å²) in [7, 11) is 0. The van der Waals surface area contributed by atoms with Crippen molar-refractivity contribution in [2.24, 2.45) is 17.8 Å². The van der Waals surface area contributed by atoms with Gasteiger partial charge in [-0.25, -0.2) is 4.90 Å². The number of anilines is 1. The first kappa shape index (κ1) is 25.4. The van der Waals surface area contributed by atoms with Gasteiger partial charge in [-0.2, -0.15) is 0 Å². The number of imide groups is 1. The molecule has 0 unspecified atom stereocenters. The van der Waals surface area contributed by atoms with E-state index < -0.39 is 29.3 Å². The van der Waals surface area contributed by atoms with Crippen LogP contribution in [0.4, 0.5) is 5.69 Å². The Kier molecular flexibility index (Phi) is 6.11. The number of fused-ring (bicyclic) bond motifs is 3. The van der Waals surface area contributed by atoms with Gasteiger partial charge in [-0.3, -0.25) is 19.2 Å². The lowest BCUT2D eigenvalue weighted by molar-refractivity contribution is -0.166. The zero-order valence-electron chi connectivity index (χ0n) is 22.6. The zero-order chi connectivity index (χ0) is 28.1. The van der Waals surface area contributed by atoms with Gasteiger partial charge in [0.15, 0.2) is 0 Å². The number of carbonyl (C=O) groups excluding carboxylic acids is 4. The topological polar surface area (TPSA) is 78.0 Å². The van der Waals surface area contributed by atoms with E-state index in [9.17, 15) is 19.2 Å². The van der Waals surface area contributed by atoms with E-state index in [0.717, 1.165) is 24.0 Å². The lowest BCUT2D eigenvalue weighted by Crippen LogP contribution is -2.71. The largest absolute Gasteiger partial charge is 0.331 e. The number of nitrogens with zero attached hydrogens (tertiary/aromatic N) is 3. The van der Waals surface area contributed by atoms with Crippen molar-refractivity contribution in [2.75, 3.05) is 18.0 Å². The van der Waals surface area contributed by atoms with Crippen molar-refractivity contribution in [2.45, 2.75) is 30.8 Å². The number of hydrogen-bond donors (Lipinski definition) is 0. The van der Waals surface area contributed by atoms with Gasteiger partial charge >= 0.3 is 0 Å². The summed E-state index contributed by atoms with van der Waals surface area (Å²) in [6.45, 7) is 0.465. The summed E-state index contributed by atoms with van der Waals surface area (Å²) >= 11 is 0. The van der Waals surface area contributed by atoms with Crippen LogP contribution in [0.1, 0.15) is 24.0 Å². The molecule has 0 spiro atoms. The van der Waals surface area contributed by atoms with Crippen LogP contribution in [-0.4, -0.2) is 58.1 Å². The molecule has 4 atom stereocenters. The van der Waals surface area contributed by atoms with Gasteiger partial charge in [0.1, 0.15) is 5.54 Å². The van der Waals surface area contributed by atoms with E-state index in [1.54, 1.807) is 34.1 Å². The molecule has 3 heterocycles. The van der Waals surface area contributed by atoms with E-state index in [4.69, 9.17) is 0 Å². The Morgan fingerprint density at radius 2 is 1.41 bits per heavy atom. The number of amides is 4. The molecule has 4 fully saturated rings. The maximum atomic E-state index is 14.7. The van der Waals surface area contributed by atoms with Crippen LogP contribution in [0.2, 0.25) is 0 Å². The van der Waals surface area contributed by atoms with Crippen molar-refractivity contribution >= 4 is 35.4 Å². The van der Waals surface area contributed by atoms with Crippen molar-refractivity contribution in [1.29, 1.82) is 0 Å². The van der Waals surface area contributed by atoms with Crippen molar-refractivity contribution in [1.82, 2.24) is 9.80 Å². The fourth-order valence-electron chi connectivity index (χ4n) is 7.07. The van der Waals surface area contributed by atoms with Crippen LogP contribution in [0.25, 0.3) is 6.08 Å². The average molecular weight is 546 g/mol. The van der Waals surface area contributed by atoms with Crippen LogP contribution in [-0.2, 0) is 25.6 Å². The van der Waals surface area contributed by atoms with Crippen molar-refractivity contribution in [3.63, 3.8) is 0 Å². The Hall–Kier alpha value is -4.52. The van der Waals surface area contributed by atoms with Crippen LogP contribution in [0.3, 0.4) is 0 Å². The summed E-state index contributed by atoms with van der Waals surface area (Å²) in [6, 6.07) is 27.3. The maximum Gasteiger partial charge on any atom is 0.250 e. The fraction of sp³-hybridized carbons (Fsp3) is 0.294. The summed E-state index contributed by atoms with van der Waals surface area (Å²) in [5, 5.41) is 0. The summed E-state index contributed by atoms with van der Waals surface area (Å²) in [5.74, 6) is -2.74. The highest BCUT2D eigenvalue weighted by atomic mass is 16.2. The van der Waals surface area contributed by atoms with Gasteiger partial charge in [-0.05, 0) is 42.0 Å². The highest BCUT2D eigenvalue weighted by Gasteiger charge is 2.74. The molecule has 3 aliphatic heterocycles. The maximum absolute atomic E-state index is 14.7. The predicted octanol–water partition coefficient (Wildman–Crippen LogP) is 3.95. The smallest absolute Gasteiger partial charge is 0.250 e. The summed E-state index contributed by atoms with van der Waals surface area (Å²) in [5.41, 5.74) is 0.732. The molecule has 4 amide bonds. The number of hydrogen-bond acceptors (Lipinski definition) is 4. The quantitative estimate of drug-likeness (QED) is 0.422. The number of benzene rings is 3. The van der Waals surface area contributed by atoms with E-state index in [-0.39, 0.29) is 30.7 Å². The molecule has 1 aliphatic carbocycles. The Morgan fingerprint density at radius 1 is 0.780 bits per heavy atom. The van der Waals surface area contributed by atoms with Gasteiger partial charge in [-0.15, -0.1) is 0 Å². The molecular weight excluding hydrogens is 514 g/mol. The van der Waals surface area contributed by atoms with E-state index in [2.05, 4.69) is 0 Å². The Labute approximate surface area is 239 Å². The van der Waals surface area contributed by atoms with E-state index >= 15 is 0 Å². The van der Waals surface area contributed by atoms with Crippen LogP contribution in [0, 0.1) is 17.8 Å². The molecule has 41 heavy (non-hydrogen) atoms. The first-order chi connectivity index (χ1) is 20.0. The molecule has 4 aliphatic rings. The molecule has 3 saturated heterocycles. The molecule has 0 radical (unpaired) electrons. The summed E-state index contributed by atoms with van der Waals surface area (Å²) in [4.78, 5) is 62.0. The normalized spacial score (nSPS) is 27.6. The molecule has 7 heteroatoms. The molecule has 0 bridgehead atoms. The van der Waals surface area contributed by atoms with Gasteiger partial charge < -0.3 is 9.80 Å². The molecule has 7 rings (SSSR count). The van der Waals surface area contributed by atoms with Crippen LogP contribution in [0.5, 0.6) is 0 Å². The van der Waals surface area contributed by atoms with Gasteiger partial charge in [0, 0.05) is 13.0 Å². The van der Waals surface area contributed by atoms with Crippen LogP contribution in [0.15, 0.2) is 97.1 Å². The van der Waals surface area contributed by atoms with Crippen molar-refractivity contribution in [3.8, 4) is 0 Å². The van der Waals surface area contributed by atoms with E-state index in [1.807, 2.05) is 78.9 Å². The fourth-order valence-corrected chi connectivity index (χ4v) is 7.07. The highest BCUT2D eigenvalue weighted by Crippen LogP contribution is 2.54. The molecular formula is C34H31N3O4. The van der Waals surface area contributed by atoms with Crippen LogP contribution >= 0.6 is 0 Å². The molecule has 0 aromatic heterocycles. The minimum Gasteiger partial charge on any atom is -0.331 e. The molecule has 1 saturated carbocycles. The van der Waals surface area contributed by atoms with E-state index in [1.165, 1.54) is 4.90 Å². The minimum atomic E-state index is -1.50. The summed E-state index contributed by atoms with van der Waals surface area (Å²) < 4.78 is 0. The summed E-state index contributed by atoms with van der Waals surface area (Å²) in [6.07, 6.45) is 5.96. The van der Waals surface area contributed by atoms with Gasteiger partial charge in [0.2, 0.25) is 23.6 Å². The molecule has 206 valence electrons. The second kappa shape index (κ2) is 9.84. The molecule has 0 N–H and O–H groups in total.